The number of rotatable bonds is 9. The van der Waals surface area contributed by atoms with Crippen LogP contribution in [0.5, 0.6) is 0 Å². The highest BCUT2D eigenvalue weighted by Crippen LogP contribution is 2.44. The van der Waals surface area contributed by atoms with Gasteiger partial charge in [-0.2, -0.15) is 0 Å². The van der Waals surface area contributed by atoms with Crippen LogP contribution >= 0.6 is 0 Å². The summed E-state index contributed by atoms with van der Waals surface area (Å²) in [5.74, 6) is 1.39. The molecule has 0 aliphatic heterocycles. The molecule has 0 heterocycles. The summed E-state index contributed by atoms with van der Waals surface area (Å²) in [6.45, 7) is 1.01. The van der Waals surface area contributed by atoms with Crippen molar-refractivity contribution in [1.29, 1.82) is 0 Å². The number of hydrogen-bond acceptors (Lipinski definition) is 3. The first-order chi connectivity index (χ1) is 10.2. The van der Waals surface area contributed by atoms with E-state index in [0.29, 0.717) is 18.2 Å². The molecule has 0 saturated heterocycles. The van der Waals surface area contributed by atoms with Crippen molar-refractivity contribution in [2.24, 2.45) is 11.8 Å². The Hall–Kier alpha value is -0.970. The van der Waals surface area contributed by atoms with Crippen molar-refractivity contribution in [2.45, 2.75) is 44.4 Å². The van der Waals surface area contributed by atoms with Crippen LogP contribution in [0.15, 0.2) is 24.3 Å². The zero-order valence-corrected chi connectivity index (χ0v) is 12.3. The minimum atomic E-state index is -0.531. The largest absolute Gasteiger partial charge is 0.389 e. The van der Waals surface area contributed by atoms with Gasteiger partial charge in [-0.25, -0.2) is 4.39 Å². The quantitative estimate of drug-likeness (QED) is 0.735. The maximum absolute atomic E-state index is 13.4. The summed E-state index contributed by atoms with van der Waals surface area (Å²) >= 11 is 0. The molecular weight excluding hydrogens is 269 g/mol. The van der Waals surface area contributed by atoms with E-state index >= 15 is 0 Å². The second kappa shape index (κ2) is 6.86. The minimum Gasteiger partial charge on any atom is -0.389 e. The molecule has 2 fully saturated rings. The third kappa shape index (κ3) is 4.50. The van der Waals surface area contributed by atoms with Gasteiger partial charge in [0, 0.05) is 18.2 Å². The summed E-state index contributed by atoms with van der Waals surface area (Å²) in [7, 11) is 0. The predicted octanol–water partition coefficient (Wildman–Crippen LogP) is 2.48. The van der Waals surface area contributed by atoms with Crippen LogP contribution in [0, 0.1) is 17.7 Å². The average molecular weight is 293 g/mol. The zero-order chi connectivity index (χ0) is 14.7. The Morgan fingerprint density at radius 1 is 1.19 bits per heavy atom. The van der Waals surface area contributed by atoms with Crippen molar-refractivity contribution in [3.8, 4) is 0 Å². The Bertz CT molecular complexity index is 448. The number of halogens is 1. The number of aliphatic hydroxyl groups is 1. The fourth-order valence-electron chi connectivity index (χ4n) is 2.88. The molecule has 3 nitrogen and oxygen atoms in total. The highest BCUT2D eigenvalue weighted by molar-refractivity contribution is 5.16. The van der Waals surface area contributed by atoms with E-state index in [1.54, 1.807) is 18.2 Å². The van der Waals surface area contributed by atoms with Gasteiger partial charge in [-0.05, 0) is 43.6 Å². The molecule has 1 aromatic carbocycles. The summed E-state index contributed by atoms with van der Waals surface area (Å²) in [5, 5.41) is 13.5. The number of aliphatic hydroxyl groups excluding tert-OH is 1. The van der Waals surface area contributed by atoms with E-state index in [4.69, 9.17) is 4.74 Å². The summed E-state index contributed by atoms with van der Waals surface area (Å²) in [5.41, 5.74) is 0.534. The molecule has 0 spiro atoms. The van der Waals surface area contributed by atoms with Gasteiger partial charge in [-0.1, -0.05) is 18.2 Å². The SMILES string of the molecule is OC(CNC(C1CC1)C1CC1)COCc1ccccc1F. The Kier molecular flexibility index (Phi) is 4.88. The molecule has 0 radical (unpaired) electrons. The normalized spacial score (nSPS) is 20.0. The first kappa shape index (κ1) is 14.9. The molecule has 2 aliphatic carbocycles. The molecule has 2 aliphatic rings. The van der Waals surface area contributed by atoms with Gasteiger partial charge in [-0.3, -0.25) is 0 Å². The molecule has 0 amide bonds. The Morgan fingerprint density at radius 2 is 1.86 bits per heavy atom. The van der Waals surface area contributed by atoms with Crippen LogP contribution < -0.4 is 5.32 Å². The van der Waals surface area contributed by atoms with Crippen molar-refractivity contribution in [3.05, 3.63) is 35.6 Å². The van der Waals surface area contributed by atoms with Gasteiger partial charge < -0.3 is 15.2 Å². The molecule has 116 valence electrons. The molecule has 2 saturated carbocycles. The van der Waals surface area contributed by atoms with Gasteiger partial charge in [0.05, 0.1) is 19.3 Å². The molecular formula is C17H24FNO2. The van der Waals surface area contributed by atoms with Gasteiger partial charge in [0.25, 0.3) is 0 Å². The number of benzene rings is 1. The van der Waals surface area contributed by atoms with E-state index in [1.165, 1.54) is 31.7 Å². The molecule has 1 unspecified atom stereocenters. The molecule has 4 heteroatoms. The molecule has 0 aromatic heterocycles. The Morgan fingerprint density at radius 3 is 2.48 bits per heavy atom. The standard InChI is InChI=1S/C17H24FNO2/c18-16-4-2-1-3-14(16)10-21-11-15(20)9-19-17(12-5-6-12)13-7-8-13/h1-4,12-13,15,17,19-20H,5-11H2. The van der Waals surface area contributed by atoms with Crippen molar-refractivity contribution < 1.29 is 14.2 Å². The maximum Gasteiger partial charge on any atom is 0.128 e. The highest BCUT2D eigenvalue weighted by atomic mass is 19.1. The molecule has 1 atom stereocenters. The predicted molar refractivity (Wildman–Crippen MR) is 79.3 cm³/mol. The van der Waals surface area contributed by atoms with Gasteiger partial charge in [-0.15, -0.1) is 0 Å². The van der Waals surface area contributed by atoms with Crippen LogP contribution in [0.3, 0.4) is 0 Å². The summed E-state index contributed by atoms with van der Waals surface area (Å²) in [6, 6.07) is 7.16. The number of nitrogens with one attached hydrogen (secondary N) is 1. The zero-order valence-electron chi connectivity index (χ0n) is 12.3. The van der Waals surface area contributed by atoms with Gasteiger partial charge in [0.1, 0.15) is 5.82 Å². The van der Waals surface area contributed by atoms with Crippen molar-refractivity contribution in [1.82, 2.24) is 5.32 Å². The smallest absolute Gasteiger partial charge is 0.128 e. The van der Waals surface area contributed by atoms with E-state index < -0.39 is 6.10 Å². The van der Waals surface area contributed by atoms with Crippen LogP contribution in [-0.2, 0) is 11.3 Å². The second-order valence-electron chi connectivity index (χ2n) is 6.37. The lowest BCUT2D eigenvalue weighted by atomic mass is 10.1. The highest BCUT2D eigenvalue weighted by Gasteiger charge is 2.41. The van der Waals surface area contributed by atoms with Gasteiger partial charge in [0.2, 0.25) is 0 Å². The lowest BCUT2D eigenvalue weighted by Crippen LogP contribution is -2.40. The average Bonchev–Trinajstić information content (AvgIpc) is 3.35. The topological polar surface area (TPSA) is 41.5 Å². The third-order valence-electron chi connectivity index (χ3n) is 4.37. The summed E-state index contributed by atoms with van der Waals surface area (Å²) in [4.78, 5) is 0. The van der Waals surface area contributed by atoms with E-state index in [1.807, 2.05) is 0 Å². The lowest BCUT2D eigenvalue weighted by Gasteiger charge is -2.20. The van der Waals surface area contributed by atoms with Crippen molar-refractivity contribution in [2.75, 3.05) is 13.2 Å². The van der Waals surface area contributed by atoms with Crippen LogP contribution in [0.1, 0.15) is 31.2 Å². The summed E-state index contributed by atoms with van der Waals surface area (Å²) < 4.78 is 18.8. The fourth-order valence-corrected chi connectivity index (χ4v) is 2.88. The third-order valence-corrected chi connectivity index (χ3v) is 4.37. The van der Waals surface area contributed by atoms with E-state index in [-0.39, 0.29) is 19.0 Å². The van der Waals surface area contributed by atoms with E-state index in [9.17, 15) is 9.50 Å². The van der Waals surface area contributed by atoms with Crippen LogP contribution in [0.2, 0.25) is 0 Å². The van der Waals surface area contributed by atoms with Gasteiger partial charge in [0.15, 0.2) is 0 Å². The lowest BCUT2D eigenvalue weighted by molar-refractivity contribution is 0.0259. The molecule has 3 rings (SSSR count). The van der Waals surface area contributed by atoms with Crippen LogP contribution in [0.25, 0.3) is 0 Å². The molecule has 1 aromatic rings. The Labute approximate surface area is 125 Å². The second-order valence-corrected chi connectivity index (χ2v) is 6.37. The van der Waals surface area contributed by atoms with E-state index in [2.05, 4.69) is 5.32 Å². The van der Waals surface area contributed by atoms with Crippen LogP contribution in [-0.4, -0.2) is 30.4 Å². The van der Waals surface area contributed by atoms with Crippen molar-refractivity contribution >= 4 is 0 Å². The number of ether oxygens (including phenoxy) is 1. The van der Waals surface area contributed by atoms with Gasteiger partial charge >= 0.3 is 0 Å². The molecule has 2 N–H and O–H groups in total. The first-order valence-electron chi connectivity index (χ1n) is 7.96. The summed E-state index contributed by atoms with van der Waals surface area (Å²) in [6.07, 6.45) is 4.78. The monoisotopic (exact) mass is 293 g/mol. The molecule has 0 bridgehead atoms. The van der Waals surface area contributed by atoms with Crippen LogP contribution in [0.4, 0.5) is 4.39 Å². The first-order valence-corrected chi connectivity index (χ1v) is 7.96. The van der Waals surface area contributed by atoms with E-state index in [0.717, 1.165) is 11.8 Å². The fraction of sp³-hybridized carbons (Fsp3) is 0.647. The number of hydrogen-bond donors (Lipinski definition) is 2. The minimum absolute atomic E-state index is 0.207. The van der Waals surface area contributed by atoms with Crippen molar-refractivity contribution in [3.63, 3.8) is 0 Å². The Balaban J connectivity index is 1.34. The maximum atomic E-state index is 13.4. The molecule has 21 heavy (non-hydrogen) atoms.